The first-order valence-electron chi connectivity index (χ1n) is 6.57. The molecule has 0 aliphatic rings. The van der Waals surface area contributed by atoms with Crippen LogP contribution in [0.3, 0.4) is 0 Å². The maximum absolute atomic E-state index is 11.4. The van der Waals surface area contributed by atoms with Gasteiger partial charge in [-0.2, -0.15) is 0 Å². The van der Waals surface area contributed by atoms with E-state index in [-0.39, 0.29) is 17.0 Å². The quantitative estimate of drug-likeness (QED) is 0.419. The van der Waals surface area contributed by atoms with Crippen LogP contribution in [0.1, 0.15) is 10.4 Å². The summed E-state index contributed by atoms with van der Waals surface area (Å²) in [5.41, 5.74) is 1.22. The van der Waals surface area contributed by atoms with Gasteiger partial charge in [-0.05, 0) is 30.3 Å². The summed E-state index contributed by atoms with van der Waals surface area (Å²) in [5, 5.41) is 23.5. The molecule has 0 radical (unpaired) electrons. The van der Waals surface area contributed by atoms with Crippen molar-refractivity contribution >= 4 is 52.5 Å². The Morgan fingerprint density at radius 1 is 1.22 bits per heavy atom. The van der Waals surface area contributed by atoms with Crippen molar-refractivity contribution in [2.24, 2.45) is 0 Å². The fourth-order valence-electron chi connectivity index (χ4n) is 2.26. The maximum Gasteiger partial charge on any atom is 0.337 e. The number of fused-ring (bicyclic) bond motifs is 1. The van der Waals surface area contributed by atoms with Crippen LogP contribution < -0.4 is 5.32 Å². The largest absolute Gasteiger partial charge is 0.506 e. The molecule has 0 aliphatic heterocycles. The molecule has 3 aromatic rings. The molecule has 0 saturated carbocycles. The van der Waals surface area contributed by atoms with Gasteiger partial charge in [-0.1, -0.05) is 17.7 Å². The number of thiol groups is 1. The molecule has 1 aromatic heterocycles. The van der Waals surface area contributed by atoms with E-state index in [0.717, 1.165) is 0 Å². The summed E-state index contributed by atoms with van der Waals surface area (Å²) in [6.07, 6.45) is 1.54. The first kappa shape index (κ1) is 15.5. The average Bonchev–Trinajstić information content (AvgIpc) is 2.51. The molecule has 23 heavy (non-hydrogen) atoms. The van der Waals surface area contributed by atoms with E-state index in [1.807, 2.05) is 0 Å². The third kappa shape index (κ3) is 2.91. The minimum Gasteiger partial charge on any atom is -0.506 e. The Kier molecular flexibility index (Phi) is 4.02. The van der Waals surface area contributed by atoms with E-state index in [9.17, 15) is 15.0 Å². The minimum absolute atomic E-state index is 0.0512. The number of pyridine rings is 1. The summed E-state index contributed by atoms with van der Waals surface area (Å²) < 4.78 is 0. The van der Waals surface area contributed by atoms with E-state index < -0.39 is 5.97 Å². The van der Waals surface area contributed by atoms with Crippen molar-refractivity contribution in [3.63, 3.8) is 0 Å². The Labute approximate surface area is 142 Å². The first-order chi connectivity index (χ1) is 11.0. The number of nitrogens with zero attached hydrogens (tertiary/aromatic N) is 1. The predicted molar refractivity (Wildman–Crippen MR) is 92.4 cm³/mol. The van der Waals surface area contributed by atoms with Crippen LogP contribution >= 0.6 is 24.2 Å². The number of aromatic hydroxyl groups is 1. The second-order valence-corrected chi connectivity index (χ2v) is 5.73. The number of aromatic nitrogens is 1. The van der Waals surface area contributed by atoms with Gasteiger partial charge in [-0.25, -0.2) is 4.79 Å². The summed E-state index contributed by atoms with van der Waals surface area (Å²) in [5.74, 6) is -1.33. The molecular formula is C16H11ClN2O3S. The van der Waals surface area contributed by atoms with E-state index in [2.05, 4.69) is 22.9 Å². The van der Waals surface area contributed by atoms with Gasteiger partial charge >= 0.3 is 5.97 Å². The normalized spacial score (nSPS) is 10.7. The summed E-state index contributed by atoms with van der Waals surface area (Å²) in [4.78, 5) is 16.1. The lowest BCUT2D eigenvalue weighted by Gasteiger charge is -2.15. The van der Waals surface area contributed by atoms with Gasteiger partial charge in [-0.3, -0.25) is 4.98 Å². The molecule has 0 unspecified atom stereocenters. The third-order valence-corrected chi connectivity index (χ3v) is 3.91. The Morgan fingerprint density at radius 2 is 2.00 bits per heavy atom. The van der Waals surface area contributed by atoms with Gasteiger partial charge in [-0.15, -0.1) is 12.6 Å². The van der Waals surface area contributed by atoms with Crippen molar-refractivity contribution in [3.8, 4) is 5.75 Å². The highest BCUT2D eigenvalue weighted by Gasteiger charge is 2.16. The Morgan fingerprint density at radius 3 is 2.74 bits per heavy atom. The van der Waals surface area contributed by atoms with E-state index in [1.165, 1.54) is 18.2 Å². The summed E-state index contributed by atoms with van der Waals surface area (Å²) in [7, 11) is 0. The molecular weight excluding hydrogens is 336 g/mol. The van der Waals surface area contributed by atoms with E-state index in [1.54, 1.807) is 24.4 Å². The monoisotopic (exact) mass is 346 g/mol. The smallest absolute Gasteiger partial charge is 0.337 e. The van der Waals surface area contributed by atoms with E-state index in [4.69, 9.17) is 11.6 Å². The van der Waals surface area contributed by atoms with Gasteiger partial charge in [0.1, 0.15) is 5.75 Å². The van der Waals surface area contributed by atoms with Gasteiger partial charge in [0.25, 0.3) is 0 Å². The van der Waals surface area contributed by atoms with E-state index >= 15 is 0 Å². The number of hydrogen-bond acceptors (Lipinski definition) is 5. The average molecular weight is 347 g/mol. The van der Waals surface area contributed by atoms with Crippen LogP contribution in [0, 0.1) is 0 Å². The molecule has 0 atom stereocenters. The molecule has 5 nitrogen and oxygen atoms in total. The highest BCUT2D eigenvalue weighted by atomic mass is 35.5. The number of carbonyl (C=O) groups is 1. The Hall–Kier alpha value is -2.44. The molecule has 116 valence electrons. The number of phenolic OH excluding ortho intramolecular Hbond substituents is 1. The van der Waals surface area contributed by atoms with Gasteiger partial charge in [0.2, 0.25) is 0 Å². The summed E-state index contributed by atoms with van der Waals surface area (Å²) in [6, 6.07) is 9.43. The van der Waals surface area contributed by atoms with Crippen molar-refractivity contribution in [2.45, 2.75) is 4.90 Å². The van der Waals surface area contributed by atoms with Crippen LogP contribution in [-0.2, 0) is 0 Å². The highest BCUT2D eigenvalue weighted by Crippen LogP contribution is 2.37. The lowest BCUT2D eigenvalue weighted by molar-refractivity contribution is 0.0697. The van der Waals surface area contributed by atoms with Gasteiger partial charge in [0.15, 0.2) is 0 Å². The minimum atomic E-state index is -1.15. The predicted octanol–water partition coefficient (Wildman–Crippen LogP) is 4.32. The number of para-hydroxylation sites is 1. The second-order valence-electron chi connectivity index (χ2n) is 4.81. The molecule has 0 fully saturated rings. The molecule has 0 spiro atoms. The number of rotatable bonds is 3. The number of halogens is 1. The highest BCUT2D eigenvalue weighted by molar-refractivity contribution is 7.80. The maximum atomic E-state index is 11.4. The van der Waals surface area contributed by atoms with Gasteiger partial charge < -0.3 is 15.5 Å². The number of hydrogen-bond donors (Lipinski definition) is 4. The van der Waals surface area contributed by atoms with Crippen molar-refractivity contribution in [1.82, 2.24) is 4.98 Å². The molecule has 3 N–H and O–H groups in total. The van der Waals surface area contributed by atoms with Crippen LogP contribution in [-0.4, -0.2) is 21.2 Å². The molecule has 0 saturated heterocycles. The van der Waals surface area contributed by atoms with Gasteiger partial charge in [0.05, 0.1) is 22.5 Å². The molecule has 2 aromatic carbocycles. The number of aromatic carboxylic acids is 1. The van der Waals surface area contributed by atoms with E-state index in [0.29, 0.717) is 26.5 Å². The second kappa shape index (κ2) is 5.98. The Balaban J connectivity index is 2.22. The topological polar surface area (TPSA) is 82.5 Å². The number of phenols is 1. The fraction of sp³-hybridized carbons (Fsp3) is 0. The number of carboxylic acid groups (broad SMARTS) is 1. The molecule has 3 rings (SSSR count). The Bertz CT molecular complexity index is 925. The van der Waals surface area contributed by atoms with Crippen LogP contribution in [0.2, 0.25) is 5.02 Å². The summed E-state index contributed by atoms with van der Waals surface area (Å²) >= 11 is 10.4. The third-order valence-electron chi connectivity index (χ3n) is 3.33. The van der Waals surface area contributed by atoms with Crippen molar-refractivity contribution < 1.29 is 15.0 Å². The number of anilines is 2. The summed E-state index contributed by atoms with van der Waals surface area (Å²) in [6.45, 7) is 0. The molecule has 0 amide bonds. The molecule has 7 heteroatoms. The number of nitrogens with one attached hydrogen (secondary N) is 1. The zero-order chi connectivity index (χ0) is 16.6. The van der Waals surface area contributed by atoms with Crippen LogP contribution in [0.5, 0.6) is 5.75 Å². The zero-order valence-electron chi connectivity index (χ0n) is 11.6. The lowest BCUT2D eigenvalue weighted by Crippen LogP contribution is -2.04. The van der Waals surface area contributed by atoms with Crippen molar-refractivity contribution in [1.29, 1.82) is 0 Å². The molecule has 1 heterocycles. The first-order valence-corrected chi connectivity index (χ1v) is 7.39. The van der Waals surface area contributed by atoms with Gasteiger partial charge in [0, 0.05) is 21.5 Å². The SMILES string of the molecule is O=C(O)c1cccc(O)c1Nc1c(S)cnc2ccc(Cl)cc12. The van der Waals surface area contributed by atoms with Crippen LogP contribution in [0.4, 0.5) is 11.4 Å². The van der Waals surface area contributed by atoms with Crippen LogP contribution in [0.25, 0.3) is 10.9 Å². The van der Waals surface area contributed by atoms with Crippen molar-refractivity contribution in [3.05, 3.63) is 53.2 Å². The number of carboxylic acids is 1. The molecule has 0 bridgehead atoms. The lowest BCUT2D eigenvalue weighted by atomic mass is 10.1. The zero-order valence-corrected chi connectivity index (χ0v) is 13.3. The van der Waals surface area contributed by atoms with Crippen LogP contribution in [0.15, 0.2) is 47.5 Å². The standard InChI is InChI=1S/C16H11ClN2O3S/c17-8-4-5-11-10(6-8)15(13(23)7-18-11)19-14-9(16(21)22)2-1-3-12(14)20/h1-7,20,23H,(H,18,19)(H,21,22). The van der Waals surface area contributed by atoms with Crippen molar-refractivity contribution in [2.75, 3.05) is 5.32 Å². The molecule has 0 aliphatic carbocycles. The number of benzene rings is 2. The fourth-order valence-corrected chi connectivity index (χ4v) is 2.67.